The van der Waals surface area contributed by atoms with Crippen LogP contribution >= 0.6 is 11.5 Å². The number of benzene rings is 2. The molecule has 0 saturated carbocycles. The maximum Gasteiger partial charge on any atom is 0.132 e. The van der Waals surface area contributed by atoms with Gasteiger partial charge in [0.15, 0.2) is 0 Å². The van der Waals surface area contributed by atoms with Gasteiger partial charge in [0.05, 0.1) is 5.69 Å². The molecule has 0 bridgehead atoms. The molecule has 1 aromatic heterocycles. The standard InChI is InChI=1S/C15H11N3S/c1-10-13(9-16)15(19-18-10)17-14-8-4-6-11-5-2-3-7-12(11)14/h2-8,17H,1H3. The number of anilines is 2. The minimum atomic E-state index is 0.623. The van der Waals surface area contributed by atoms with Crippen molar-refractivity contribution in [3.63, 3.8) is 0 Å². The van der Waals surface area contributed by atoms with Gasteiger partial charge in [-0.25, -0.2) is 0 Å². The lowest BCUT2D eigenvalue weighted by Gasteiger charge is -2.07. The first kappa shape index (κ1) is 11.7. The fourth-order valence-electron chi connectivity index (χ4n) is 2.04. The van der Waals surface area contributed by atoms with Gasteiger partial charge in [0.25, 0.3) is 0 Å². The first-order valence-corrected chi connectivity index (χ1v) is 6.68. The molecule has 4 heteroatoms. The number of nitrogens with one attached hydrogen (secondary N) is 1. The van der Waals surface area contributed by atoms with E-state index in [2.05, 4.69) is 34.0 Å². The summed E-state index contributed by atoms with van der Waals surface area (Å²) in [5.74, 6) is 0. The molecule has 0 fully saturated rings. The second kappa shape index (κ2) is 4.71. The molecule has 92 valence electrons. The molecule has 3 aromatic rings. The number of hydrogen-bond acceptors (Lipinski definition) is 4. The van der Waals surface area contributed by atoms with Gasteiger partial charge in [-0.2, -0.15) is 9.64 Å². The first-order chi connectivity index (χ1) is 9.29. The minimum Gasteiger partial charge on any atom is -0.344 e. The van der Waals surface area contributed by atoms with Crippen molar-refractivity contribution in [1.82, 2.24) is 4.37 Å². The number of nitriles is 1. The predicted octanol–water partition coefficient (Wildman–Crippen LogP) is 4.22. The summed E-state index contributed by atoms with van der Waals surface area (Å²) in [4.78, 5) is 0. The van der Waals surface area contributed by atoms with Crippen LogP contribution in [0.3, 0.4) is 0 Å². The fourth-order valence-corrected chi connectivity index (χ4v) is 2.80. The van der Waals surface area contributed by atoms with Crippen LogP contribution in [-0.4, -0.2) is 4.37 Å². The van der Waals surface area contributed by atoms with Gasteiger partial charge < -0.3 is 5.32 Å². The average molecular weight is 265 g/mol. The Hall–Kier alpha value is -2.38. The normalized spacial score (nSPS) is 10.3. The molecule has 1 heterocycles. The number of rotatable bonds is 2. The number of aromatic nitrogens is 1. The molecule has 0 saturated heterocycles. The number of hydrogen-bond donors (Lipinski definition) is 1. The van der Waals surface area contributed by atoms with E-state index < -0.39 is 0 Å². The van der Waals surface area contributed by atoms with Crippen LogP contribution in [0, 0.1) is 18.3 Å². The smallest absolute Gasteiger partial charge is 0.132 e. The van der Waals surface area contributed by atoms with Crippen molar-refractivity contribution in [2.75, 3.05) is 5.32 Å². The van der Waals surface area contributed by atoms with Gasteiger partial charge in [-0.15, -0.1) is 0 Å². The van der Waals surface area contributed by atoms with E-state index in [1.54, 1.807) is 0 Å². The zero-order valence-electron chi connectivity index (χ0n) is 10.3. The van der Waals surface area contributed by atoms with Crippen LogP contribution in [0.1, 0.15) is 11.3 Å². The summed E-state index contributed by atoms with van der Waals surface area (Å²) in [7, 11) is 0. The summed E-state index contributed by atoms with van der Waals surface area (Å²) in [6.45, 7) is 1.85. The average Bonchev–Trinajstić information content (AvgIpc) is 2.79. The molecule has 1 N–H and O–H groups in total. The summed E-state index contributed by atoms with van der Waals surface area (Å²) in [5, 5.41) is 15.6. The molecule has 2 aromatic carbocycles. The van der Waals surface area contributed by atoms with Gasteiger partial charge in [0.2, 0.25) is 0 Å². The highest BCUT2D eigenvalue weighted by Crippen LogP contribution is 2.31. The van der Waals surface area contributed by atoms with Crippen LogP contribution in [0.5, 0.6) is 0 Å². The summed E-state index contributed by atoms with van der Waals surface area (Å²) in [6.07, 6.45) is 0. The zero-order valence-corrected chi connectivity index (χ0v) is 11.2. The fraction of sp³-hybridized carbons (Fsp3) is 0.0667. The third-order valence-corrected chi connectivity index (χ3v) is 3.87. The molecular weight excluding hydrogens is 254 g/mol. The lowest BCUT2D eigenvalue weighted by molar-refractivity contribution is 1.31. The van der Waals surface area contributed by atoms with E-state index in [-0.39, 0.29) is 0 Å². The van der Waals surface area contributed by atoms with Crippen molar-refractivity contribution in [2.45, 2.75) is 6.92 Å². The Morgan fingerprint density at radius 3 is 2.79 bits per heavy atom. The maximum absolute atomic E-state index is 9.16. The number of aryl methyl sites for hydroxylation is 1. The Kier molecular flexibility index (Phi) is 2.90. The molecule has 0 atom stereocenters. The van der Waals surface area contributed by atoms with Crippen LogP contribution < -0.4 is 5.32 Å². The van der Waals surface area contributed by atoms with Crippen LogP contribution in [-0.2, 0) is 0 Å². The van der Waals surface area contributed by atoms with Crippen molar-refractivity contribution in [3.05, 3.63) is 53.7 Å². The Balaban J connectivity index is 2.09. The predicted molar refractivity (Wildman–Crippen MR) is 78.8 cm³/mol. The van der Waals surface area contributed by atoms with E-state index in [1.165, 1.54) is 16.9 Å². The van der Waals surface area contributed by atoms with Crippen LogP contribution in [0.4, 0.5) is 10.7 Å². The van der Waals surface area contributed by atoms with Gasteiger partial charge in [-0.3, -0.25) is 0 Å². The van der Waals surface area contributed by atoms with Crippen LogP contribution in [0.2, 0.25) is 0 Å². The van der Waals surface area contributed by atoms with E-state index in [1.807, 2.05) is 31.2 Å². The molecule has 0 radical (unpaired) electrons. The van der Waals surface area contributed by atoms with Crippen molar-refractivity contribution >= 4 is 33.0 Å². The van der Waals surface area contributed by atoms with E-state index >= 15 is 0 Å². The maximum atomic E-state index is 9.16. The lowest BCUT2D eigenvalue weighted by Crippen LogP contribution is -1.91. The van der Waals surface area contributed by atoms with E-state index in [4.69, 9.17) is 5.26 Å². The Morgan fingerprint density at radius 1 is 1.16 bits per heavy atom. The highest BCUT2D eigenvalue weighted by molar-refractivity contribution is 7.10. The van der Waals surface area contributed by atoms with Gasteiger partial charge in [0.1, 0.15) is 16.6 Å². The highest BCUT2D eigenvalue weighted by atomic mass is 32.1. The number of fused-ring (bicyclic) bond motifs is 1. The van der Waals surface area contributed by atoms with Crippen LogP contribution in [0.15, 0.2) is 42.5 Å². The Labute approximate surface area is 115 Å². The third kappa shape index (κ3) is 2.05. The molecule has 3 rings (SSSR count). The Morgan fingerprint density at radius 2 is 1.95 bits per heavy atom. The second-order valence-corrected chi connectivity index (χ2v) is 5.01. The highest BCUT2D eigenvalue weighted by Gasteiger charge is 2.11. The lowest BCUT2D eigenvalue weighted by atomic mass is 10.1. The quantitative estimate of drug-likeness (QED) is 0.754. The number of nitrogens with zero attached hydrogens (tertiary/aromatic N) is 2. The monoisotopic (exact) mass is 265 g/mol. The molecule has 19 heavy (non-hydrogen) atoms. The SMILES string of the molecule is Cc1nsc(Nc2cccc3ccccc23)c1C#N. The molecule has 0 aliphatic heterocycles. The molecule has 0 aliphatic rings. The van der Waals surface area contributed by atoms with E-state index in [9.17, 15) is 0 Å². The summed E-state index contributed by atoms with van der Waals surface area (Å²) >= 11 is 1.32. The van der Waals surface area contributed by atoms with Gasteiger partial charge in [-0.1, -0.05) is 36.4 Å². The molecule has 0 unspecified atom stereocenters. The molecule has 0 aliphatic carbocycles. The molecule has 0 spiro atoms. The molecular formula is C15H11N3S. The van der Waals surface area contributed by atoms with Crippen molar-refractivity contribution in [1.29, 1.82) is 5.26 Å². The summed E-state index contributed by atoms with van der Waals surface area (Å²) < 4.78 is 4.22. The third-order valence-electron chi connectivity index (χ3n) is 3.01. The summed E-state index contributed by atoms with van der Waals surface area (Å²) in [5.41, 5.74) is 2.39. The van der Waals surface area contributed by atoms with Gasteiger partial charge >= 0.3 is 0 Å². The largest absolute Gasteiger partial charge is 0.344 e. The van der Waals surface area contributed by atoms with Crippen molar-refractivity contribution in [2.24, 2.45) is 0 Å². The van der Waals surface area contributed by atoms with E-state index in [0.29, 0.717) is 5.56 Å². The van der Waals surface area contributed by atoms with Crippen LogP contribution in [0.25, 0.3) is 10.8 Å². The van der Waals surface area contributed by atoms with E-state index in [0.717, 1.165) is 21.8 Å². The van der Waals surface area contributed by atoms with Gasteiger partial charge in [0, 0.05) is 11.1 Å². The second-order valence-electron chi connectivity index (χ2n) is 4.24. The van der Waals surface area contributed by atoms with Gasteiger partial charge in [-0.05, 0) is 29.9 Å². The molecule has 0 amide bonds. The zero-order chi connectivity index (χ0) is 13.2. The minimum absolute atomic E-state index is 0.623. The van der Waals surface area contributed by atoms with Crippen molar-refractivity contribution in [3.8, 4) is 6.07 Å². The topological polar surface area (TPSA) is 48.7 Å². The first-order valence-electron chi connectivity index (χ1n) is 5.91. The van der Waals surface area contributed by atoms with Crippen molar-refractivity contribution < 1.29 is 0 Å². The molecule has 3 nitrogen and oxygen atoms in total. The Bertz CT molecular complexity index is 778. The summed E-state index contributed by atoms with van der Waals surface area (Å²) in [6, 6.07) is 16.5.